The molecule has 0 heterocycles. The smallest absolute Gasteiger partial charge is 0.322 e. The molecule has 0 radical (unpaired) electrons. The van der Waals surface area contributed by atoms with Crippen molar-refractivity contribution >= 4 is 11.9 Å². The van der Waals surface area contributed by atoms with E-state index >= 15 is 0 Å². The molecule has 0 spiro atoms. The number of rotatable bonds is 3. The van der Waals surface area contributed by atoms with Gasteiger partial charge >= 0.3 is 6.03 Å². The van der Waals surface area contributed by atoms with Gasteiger partial charge in [-0.2, -0.15) is 0 Å². The molecule has 74 valence electrons. The number of hydrogen-bond donors (Lipinski definition) is 1. The molecule has 0 aromatic carbocycles. The summed E-state index contributed by atoms with van der Waals surface area (Å²) >= 11 is 0. The van der Waals surface area contributed by atoms with Gasteiger partial charge in [-0.15, -0.1) is 0 Å². The number of nitrogens with zero attached hydrogens (tertiary/aromatic N) is 1. The minimum atomic E-state index is -0.468. The molecule has 0 fully saturated rings. The summed E-state index contributed by atoms with van der Waals surface area (Å²) in [5, 5.41) is 2.19. The van der Waals surface area contributed by atoms with E-state index in [1.165, 1.54) is 0 Å². The molecular weight excluding hydrogens is 168 g/mol. The lowest BCUT2D eigenvalue weighted by Crippen LogP contribution is -2.45. The fraction of sp³-hybridized carbons (Fsp3) is 0.556. The highest BCUT2D eigenvalue weighted by Crippen LogP contribution is 1.97. The number of imide groups is 1. The van der Waals surface area contributed by atoms with Crippen LogP contribution in [0.1, 0.15) is 20.8 Å². The van der Waals surface area contributed by atoms with Gasteiger partial charge in [0.05, 0.1) is 0 Å². The molecular formula is C9H16N2O2. The van der Waals surface area contributed by atoms with Crippen LogP contribution in [-0.4, -0.2) is 29.4 Å². The quantitative estimate of drug-likeness (QED) is 0.669. The minimum Gasteiger partial charge on any atom is -0.322 e. The molecule has 13 heavy (non-hydrogen) atoms. The molecule has 0 rings (SSSR count). The Balaban J connectivity index is 4.22. The van der Waals surface area contributed by atoms with Crippen LogP contribution in [0, 0.1) is 0 Å². The maximum absolute atomic E-state index is 11.3. The van der Waals surface area contributed by atoms with Crippen molar-refractivity contribution in [1.82, 2.24) is 10.2 Å². The summed E-state index contributed by atoms with van der Waals surface area (Å²) in [5.74, 6) is -0.468. The summed E-state index contributed by atoms with van der Waals surface area (Å²) in [6, 6.07) is -0.287. The molecule has 4 heteroatoms. The third-order valence-corrected chi connectivity index (χ3v) is 1.64. The van der Waals surface area contributed by atoms with Crippen molar-refractivity contribution in [2.45, 2.75) is 26.8 Å². The zero-order valence-corrected chi connectivity index (χ0v) is 8.33. The lowest BCUT2D eigenvalue weighted by Gasteiger charge is -2.24. The van der Waals surface area contributed by atoms with Crippen molar-refractivity contribution in [3.8, 4) is 0 Å². The number of nitrogens with one attached hydrogen (secondary N) is 1. The average molecular weight is 184 g/mol. The van der Waals surface area contributed by atoms with E-state index in [9.17, 15) is 9.59 Å². The van der Waals surface area contributed by atoms with Gasteiger partial charge in [-0.25, -0.2) is 4.79 Å². The lowest BCUT2D eigenvalue weighted by atomic mass is 10.3. The zero-order chi connectivity index (χ0) is 10.4. The predicted molar refractivity (Wildman–Crippen MR) is 51.3 cm³/mol. The fourth-order valence-electron chi connectivity index (χ4n) is 0.971. The summed E-state index contributed by atoms with van der Waals surface area (Å²) in [6.45, 7) is 9.48. The van der Waals surface area contributed by atoms with Crippen molar-refractivity contribution in [2.75, 3.05) is 6.54 Å². The first-order valence-electron chi connectivity index (χ1n) is 4.27. The van der Waals surface area contributed by atoms with E-state index in [1.54, 1.807) is 4.90 Å². The van der Waals surface area contributed by atoms with Gasteiger partial charge < -0.3 is 4.90 Å². The van der Waals surface area contributed by atoms with Gasteiger partial charge in [0.2, 0.25) is 0 Å². The van der Waals surface area contributed by atoms with Crippen molar-refractivity contribution < 1.29 is 9.59 Å². The van der Waals surface area contributed by atoms with Gasteiger partial charge in [0.15, 0.2) is 0 Å². The minimum absolute atomic E-state index is 0.0858. The molecule has 1 N–H and O–H groups in total. The molecule has 0 aliphatic carbocycles. The Bertz CT molecular complexity index is 212. The Kier molecular flexibility index (Phi) is 4.80. The van der Waals surface area contributed by atoms with E-state index in [-0.39, 0.29) is 12.1 Å². The molecule has 0 atom stereocenters. The number of carbonyl (C=O) groups excluding carboxylic acids is 2. The number of amides is 3. The normalized spacial score (nSPS) is 9.54. The van der Waals surface area contributed by atoms with E-state index < -0.39 is 5.91 Å². The second kappa shape index (κ2) is 5.35. The number of urea groups is 1. The standard InChI is InChI=1S/C9H16N2O2/c1-5-8(12)10-9(13)11(6-2)7(3)4/h5,7H,1,6H2,2-4H3,(H,10,12,13). The molecule has 0 unspecified atom stereocenters. The highest BCUT2D eigenvalue weighted by molar-refractivity contribution is 5.99. The van der Waals surface area contributed by atoms with E-state index in [1.807, 2.05) is 20.8 Å². The predicted octanol–water partition coefficient (Wildman–Crippen LogP) is 1.14. The SMILES string of the molecule is C=CC(=O)NC(=O)N(CC)C(C)C. The van der Waals surface area contributed by atoms with Crippen LogP contribution in [0.15, 0.2) is 12.7 Å². The van der Waals surface area contributed by atoms with Gasteiger partial charge in [-0.1, -0.05) is 6.58 Å². The van der Waals surface area contributed by atoms with E-state index in [0.29, 0.717) is 6.54 Å². The Morgan fingerprint density at radius 3 is 2.38 bits per heavy atom. The average Bonchev–Trinajstić information content (AvgIpc) is 2.04. The monoisotopic (exact) mass is 184 g/mol. The highest BCUT2D eigenvalue weighted by Gasteiger charge is 2.15. The van der Waals surface area contributed by atoms with E-state index in [4.69, 9.17) is 0 Å². The maximum Gasteiger partial charge on any atom is 0.324 e. The molecule has 0 aromatic rings. The third kappa shape index (κ3) is 3.73. The number of hydrogen-bond acceptors (Lipinski definition) is 2. The molecule has 4 nitrogen and oxygen atoms in total. The van der Waals surface area contributed by atoms with Gasteiger partial charge in [-0.05, 0) is 26.8 Å². The largest absolute Gasteiger partial charge is 0.324 e. The van der Waals surface area contributed by atoms with Crippen LogP contribution in [0.4, 0.5) is 4.79 Å². The molecule has 0 aliphatic rings. The van der Waals surface area contributed by atoms with Crippen LogP contribution < -0.4 is 5.32 Å². The van der Waals surface area contributed by atoms with E-state index in [2.05, 4.69) is 11.9 Å². The molecule has 0 bridgehead atoms. The van der Waals surface area contributed by atoms with Crippen molar-refractivity contribution in [2.24, 2.45) is 0 Å². The Morgan fingerprint density at radius 2 is 2.08 bits per heavy atom. The second-order valence-electron chi connectivity index (χ2n) is 2.88. The first-order valence-corrected chi connectivity index (χ1v) is 4.27. The van der Waals surface area contributed by atoms with Crippen LogP contribution in [0.5, 0.6) is 0 Å². The Hall–Kier alpha value is -1.32. The molecule has 3 amide bonds. The first kappa shape index (κ1) is 11.7. The lowest BCUT2D eigenvalue weighted by molar-refractivity contribution is -0.115. The van der Waals surface area contributed by atoms with E-state index in [0.717, 1.165) is 6.08 Å². The van der Waals surface area contributed by atoms with Crippen molar-refractivity contribution in [3.63, 3.8) is 0 Å². The summed E-state index contributed by atoms with van der Waals surface area (Å²) < 4.78 is 0. The Morgan fingerprint density at radius 1 is 1.54 bits per heavy atom. The van der Waals surface area contributed by atoms with Gasteiger partial charge in [0.1, 0.15) is 0 Å². The van der Waals surface area contributed by atoms with Crippen LogP contribution in [-0.2, 0) is 4.79 Å². The zero-order valence-electron chi connectivity index (χ0n) is 8.33. The number of carbonyl (C=O) groups is 2. The van der Waals surface area contributed by atoms with Crippen molar-refractivity contribution in [3.05, 3.63) is 12.7 Å². The highest BCUT2D eigenvalue weighted by atomic mass is 16.2. The molecule has 0 aliphatic heterocycles. The molecule has 0 saturated heterocycles. The van der Waals surface area contributed by atoms with Gasteiger partial charge in [0, 0.05) is 12.6 Å². The van der Waals surface area contributed by atoms with Crippen molar-refractivity contribution in [1.29, 1.82) is 0 Å². The summed E-state index contributed by atoms with van der Waals surface area (Å²) in [4.78, 5) is 23.7. The first-order chi connectivity index (χ1) is 6.02. The second-order valence-corrected chi connectivity index (χ2v) is 2.88. The topological polar surface area (TPSA) is 49.4 Å². The maximum atomic E-state index is 11.3. The molecule has 0 aromatic heterocycles. The summed E-state index contributed by atoms with van der Waals surface area (Å²) in [5.41, 5.74) is 0. The molecule has 0 saturated carbocycles. The van der Waals surface area contributed by atoms with Crippen LogP contribution >= 0.6 is 0 Å². The van der Waals surface area contributed by atoms with Crippen LogP contribution in [0.2, 0.25) is 0 Å². The van der Waals surface area contributed by atoms with Gasteiger partial charge in [0.25, 0.3) is 5.91 Å². The fourth-order valence-corrected chi connectivity index (χ4v) is 0.971. The summed E-state index contributed by atoms with van der Waals surface area (Å²) in [6.07, 6.45) is 1.08. The van der Waals surface area contributed by atoms with Crippen LogP contribution in [0.3, 0.4) is 0 Å². The summed E-state index contributed by atoms with van der Waals surface area (Å²) in [7, 11) is 0. The van der Waals surface area contributed by atoms with Gasteiger partial charge in [-0.3, -0.25) is 10.1 Å². The van der Waals surface area contributed by atoms with Crippen LogP contribution in [0.25, 0.3) is 0 Å². The Labute approximate surface area is 78.6 Å². The third-order valence-electron chi connectivity index (χ3n) is 1.64.